The van der Waals surface area contributed by atoms with Crippen molar-refractivity contribution in [3.8, 4) is 5.75 Å². The first-order chi connectivity index (χ1) is 16.2. The lowest BCUT2D eigenvalue weighted by atomic mass is 10.0. The van der Waals surface area contributed by atoms with E-state index in [-0.39, 0.29) is 24.3 Å². The summed E-state index contributed by atoms with van der Waals surface area (Å²) in [6.07, 6.45) is 0.876. The molecule has 2 fully saturated rings. The molecule has 0 saturated carbocycles. The van der Waals surface area contributed by atoms with Crippen LogP contribution in [0, 0.1) is 0 Å². The summed E-state index contributed by atoms with van der Waals surface area (Å²) in [5.74, 6) is 0.762. The van der Waals surface area contributed by atoms with Gasteiger partial charge in [0.1, 0.15) is 12.4 Å². The molecule has 1 atom stereocenters. The highest BCUT2D eigenvalue weighted by Gasteiger charge is 2.38. The van der Waals surface area contributed by atoms with Crippen LogP contribution in [-0.2, 0) is 4.74 Å². The molecule has 2 aliphatic heterocycles. The van der Waals surface area contributed by atoms with E-state index in [1.807, 2.05) is 77.7 Å². The number of carbonyl (C=O) groups is 2. The summed E-state index contributed by atoms with van der Waals surface area (Å²) >= 11 is 0. The number of rotatable bonds is 5. The van der Waals surface area contributed by atoms with Crippen molar-refractivity contribution in [2.24, 2.45) is 0 Å². The number of hydrogen-bond acceptors (Lipinski definition) is 4. The van der Waals surface area contributed by atoms with Gasteiger partial charge in [0.05, 0.1) is 6.54 Å². The SMILES string of the molecule is O=C(Nc1ccc2ccccc2c1)N1CCC(N2CC(COc3ccccc3)OC2=O)CC1. The smallest absolute Gasteiger partial charge is 0.410 e. The molecule has 0 spiro atoms. The van der Waals surface area contributed by atoms with Gasteiger partial charge in [-0.1, -0.05) is 48.5 Å². The second-order valence-electron chi connectivity index (χ2n) is 8.49. The molecule has 3 aromatic carbocycles. The molecule has 170 valence electrons. The molecule has 33 heavy (non-hydrogen) atoms. The molecular formula is C26H27N3O4. The van der Waals surface area contributed by atoms with Crippen LogP contribution >= 0.6 is 0 Å². The third-order valence-corrected chi connectivity index (χ3v) is 6.27. The molecule has 5 rings (SSSR count). The second-order valence-corrected chi connectivity index (χ2v) is 8.49. The minimum absolute atomic E-state index is 0.0731. The number of piperidine rings is 1. The fourth-order valence-corrected chi connectivity index (χ4v) is 4.48. The zero-order valence-corrected chi connectivity index (χ0v) is 18.4. The van der Waals surface area contributed by atoms with Crippen molar-refractivity contribution in [1.82, 2.24) is 9.80 Å². The first-order valence-electron chi connectivity index (χ1n) is 11.4. The van der Waals surface area contributed by atoms with E-state index in [4.69, 9.17) is 9.47 Å². The van der Waals surface area contributed by atoms with Gasteiger partial charge in [0.25, 0.3) is 0 Å². The largest absolute Gasteiger partial charge is 0.490 e. The summed E-state index contributed by atoms with van der Waals surface area (Å²) in [6, 6.07) is 23.5. The maximum atomic E-state index is 12.8. The zero-order valence-electron chi connectivity index (χ0n) is 18.4. The van der Waals surface area contributed by atoms with Gasteiger partial charge >= 0.3 is 12.1 Å². The molecule has 2 saturated heterocycles. The Morgan fingerprint density at radius 1 is 0.970 bits per heavy atom. The highest BCUT2D eigenvalue weighted by Crippen LogP contribution is 2.24. The van der Waals surface area contributed by atoms with Crippen LogP contribution < -0.4 is 10.1 Å². The quantitative estimate of drug-likeness (QED) is 0.616. The molecule has 7 heteroatoms. The number of cyclic esters (lactones) is 1. The van der Waals surface area contributed by atoms with E-state index < -0.39 is 0 Å². The Morgan fingerprint density at radius 3 is 2.48 bits per heavy atom. The van der Waals surface area contributed by atoms with E-state index in [1.54, 1.807) is 4.90 Å². The van der Waals surface area contributed by atoms with Crippen LogP contribution in [0.4, 0.5) is 15.3 Å². The van der Waals surface area contributed by atoms with E-state index in [2.05, 4.69) is 5.32 Å². The molecule has 1 unspecified atom stereocenters. The number of hydrogen-bond donors (Lipinski definition) is 1. The summed E-state index contributed by atoms with van der Waals surface area (Å²) in [7, 11) is 0. The molecule has 0 aromatic heterocycles. The summed E-state index contributed by atoms with van der Waals surface area (Å²) < 4.78 is 11.2. The fourth-order valence-electron chi connectivity index (χ4n) is 4.48. The molecule has 2 heterocycles. The summed E-state index contributed by atoms with van der Waals surface area (Å²) in [5.41, 5.74) is 0.783. The Hall–Kier alpha value is -3.74. The monoisotopic (exact) mass is 445 g/mol. The highest BCUT2D eigenvalue weighted by molar-refractivity contribution is 5.93. The topological polar surface area (TPSA) is 71.1 Å². The van der Waals surface area contributed by atoms with Gasteiger partial charge in [-0.2, -0.15) is 0 Å². The zero-order chi connectivity index (χ0) is 22.6. The van der Waals surface area contributed by atoms with Crippen LogP contribution in [-0.4, -0.2) is 60.3 Å². The van der Waals surface area contributed by atoms with Crippen LogP contribution in [0.25, 0.3) is 10.8 Å². The number of likely N-dealkylation sites (tertiary alicyclic amines) is 1. The van der Waals surface area contributed by atoms with Gasteiger partial charge in [-0.25, -0.2) is 9.59 Å². The molecule has 0 bridgehead atoms. The van der Waals surface area contributed by atoms with Gasteiger partial charge in [0.15, 0.2) is 6.10 Å². The first kappa shape index (κ1) is 21.1. The molecule has 0 aliphatic carbocycles. The van der Waals surface area contributed by atoms with Crippen molar-refractivity contribution >= 4 is 28.6 Å². The van der Waals surface area contributed by atoms with Crippen molar-refractivity contribution < 1.29 is 19.1 Å². The van der Waals surface area contributed by atoms with Crippen LogP contribution in [0.3, 0.4) is 0 Å². The van der Waals surface area contributed by atoms with Crippen molar-refractivity contribution in [3.05, 3.63) is 72.8 Å². The van der Waals surface area contributed by atoms with Crippen LogP contribution in [0.15, 0.2) is 72.8 Å². The van der Waals surface area contributed by atoms with Gasteiger partial charge in [0, 0.05) is 24.8 Å². The average Bonchev–Trinajstić information content (AvgIpc) is 3.24. The minimum Gasteiger partial charge on any atom is -0.490 e. The van der Waals surface area contributed by atoms with Crippen molar-refractivity contribution in [2.75, 3.05) is 31.6 Å². The minimum atomic E-state index is -0.296. The third kappa shape index (κ3) is 4.87. The van der Waals surface area contributed by atoms with E-state index in [0.29, 0.717) is 26.2 Å². The Bertz CT molecular complexity index is 1130. The number of benzene rings is 3. The number of ether oxygens (including phenoxy) is 2. The normalized spacial score (nSPS) is 18.9. The molecular weight excluding hydrogens is 418 g/mol. The fraction of sp³-hybridized carbons (Fsp3) is 0.308. The average molecular weight is 446 g/mol. The van der Waals surface area contributed by atoms with Crippen LogP contribution in [0.2, 0.25) is 0 Å². The molecule has 7 nitrogen and oxygen atoms in total. The van der Waals surface area contributed by atoms with Gasteiger partial charge in [-0.3, -0.25) is 0 Å². The summed E-state index contributed by atoms with van der Waals surface area (Å²) in [5, 5.41) is 5.23. The Morgan fingerprint density at radius 2 is 1.70 bits per heavy atom. The highest BCUT2D eigenvalue weighted by atomic mass is 16.6. The number of nitrogens with zero attached hydrogens (tertiary/aromatic N) is 2. The van der Waals surface area contributed by atoms with E-state index >= 15 is 0 Å². The first-order valence-corrected chi connectivity index (χ1v) is 11.4. The maximum absolute atomic E-state index is 12.8. The lowest BCUT2D eigenvalue weighted by Crippen LogP contribution is -2.48. The second kappa shape index (κ2) is 9.40. The predicted molar refractivity (Wildman–Crippen MR) is 126 cm³/mol. The lowest BCUT2D eigenvalue weighted by molar-refractivity contribution is 0.0991. The van der Waals surface area contributed by atoms with E-state index in [0.717, 1.165) is 35.1 Å². The third-order valence-electron chi connectivity index (χ3n) is 6.27. The standard InChI is InChI=1S/C26H27N3O4/c30-25(27-21-11-10-19-6-4-5-7-20(19)16-21)28-14-12-22(13-15-28)29-17-24(33-26(29)31)18-32-23-8-2-1-3-9-23/h1-11,16,22,24H,12-15,17-18H2,(H,27,30). The lowest BCUT2D eigenvalue weighted by Gasteiger charge is -2.35. The Kier molecular flexibility index (Phi) is 6.02. The van der Waals surface area contributed by atoms with Gasteiger partial charge < -0.3 is 24.6 Å². The number of fused-ring (bicyclic) bond motifs is 1. The Labute approximate surface area is 192 Å². The number of nitrogens with one attached hydrogen (secondary N) is 1. The molecule has 3 aromatic rings. The number of para-hydroxylation sites is 1. The summed E-state index contributed by atoms with van der Waals surface area (Å²) in [4.78, 5) is 28.8. The predicted octanol–water partition coefficient (Wildman–Crippen LogP) is 4.74. The van der Waals surface area contributed by atoms with Crippen LogP contribution in [0.5, 0.6) is 5.75 Å². The number of anilines is 1. The van der Waals surface area contributed by atoms with Gasteiger partial charge in [-0.05, 0) is 47.9 Å². The maximum Gasteiger partial charge on any atom is 0.410 e. The Balaban J connectivity index is 1.11. The van der Waals surface area contributed by atoms with Crippen molar-refractivity contribution in [1.29, 1.82) is 0 Å². The molecule has 0 radical (unpaired) electrons. The molecule has 3 amide bonds. The van der Waals surface area contributed by atoms with Crippen molar-refractivity contribution in [3.63, 3.8) is 0 Å². The van der Waals surface area contributed by atoms with Gasteiger partial charge in [-0.15, -0.1) is 0 Å². The number of amides is 3. The number of urea groups is 1. The number of carbonyl (C=O) groups excluding carboxylic acids is 2. The summed E-state index contributed by atoms with van der Waals surface area (Å²) in [6.45, 7) is 2.04. The van der Waals surface area contributed by atoms with Crippen molar-refractivity contribution in [2.45, 2.75) is 25.0 Å². The van der Waals surface area contributed by atoms with Crippen LogP contribution in [0.1, 0.15) is 12.8 Å². The molecule has 1 N–H and O–H groups in total. The van der Waals surface area contributed by atoms with E-state index in [9.17, 15) is 9.59 Å². The van der Waals surface area contributed by atoms with Gasteiger partial charge in [0.2, 0.25) is 0 Å². The van der Waals surface area contributed by atoms with E-state index in [1.165, 1.54) is 0 Å². The molecule has 2 aliphatic rings.